The summed E-state index contributed by atoms with van der Waals surface area (Å²) < 4.78 is 11.6. The van der Waals surface area contributed by atoms with Gasteiger partial charge in [-0.15, -0.1) is 0 Å². The molecule has 0 aliphatic heterocycles. The van der Waals surface area contributed by atoms with E-state index >= 15 is 0 Å². The molecule has 182 valence electrons. The van der Waals surface area contributed by atoms with Gasteiger partial charge in [0.25, 0.3) is 0 Å². The zero-order valence-corrected chi connectivity index (χ0v) is 20.6. The Kier molecular flexibility index (Phi) is 9.01. The standard InChI is InChI=1S/C28H31N3O4/c1-5-34-26-15-23(11-13-25(26)35-18-22-9-6-19(2)7-10-22)17-29-31-28(33)16-27(32)30-24-12-8-20(3)21(4)14-24/h6-15,17H,5,16,18H2,1-4H3,(H,30,32)(H,31,33). The van der Waals surface area contributed by atoms with Gasteiger partial charge in [0, 0.05) is 5.69 Å². The second-order valence-corrected chi connectivity index (χ2v) is 8.23. The molecule has 0 saturated heterocycles. The monoisotopic (exact) mass is 473 g/mol. The van der Waals surface area contributed by atoms with Crippen LogP contribution >= 0.6 is 0 Å². The topological polar surface area (TPSA) is 89.0 Å². The molecule has 3 aromatic rings. The predicted molar refractivity (Wildman–Crippen MR) is 138 cm³/mol. The summed E-state index contributed by atoms with van der Waals surface area (Å²) in [5.41, 5.74) is 8.21. The van der Waals surface area contributed by atoms with E-state index in [1.54, 1.807) is 18.2 Å². The Morgan fingerprint density at radius 3 is 2.34 bits per heavy atom. The van der Waals surface area contributed by atoms with E-state index in [0.29, 0.717) is 30.4 Å². The lowest BCUT2D eigenvalue weighted by Gasteiger charge is -2.13. The first-order valence-electron chi connectivity index (χ1n) is 11.5. The number of hydrazone groups is 1. The van der Waals surface area contributed by atoms with Crippen molar-refractivity contribution in [2.75, 3.05) is 11.9 Å². The molecule has 0 radical (unpaired) electrons. The Hall–Kier alpha value is -4.13. The molecule has 0 aliphatic rings. The van der Waals surface area contributed by atoms with E-state index in [1.807, 2.05) is 70.2 Å². The lowest BCUT2D eigenvalue weighted by molar-refractivity contribution is -0.126. The van der Waals surface area contributed by atoms with Crippen LogP contribution in [0, 0.1) is 20.8 Å². The number of nitrogens with one attached hydrogen (secondary N) is 2. The number of aryl methyl sites for hydroxylation is 3. The number of carbonyl (C=O) groups excluding carboxylic acids is 2. The van der Waals surface area contributed by atoms with Gasteiger partial charge < -0.3 is 14.8 Å². The highest BCUT2D eigenvalue weighted by molar-refractivity contribution is 6.03. The minimum absolute atomic E-state index is 0.333. The van der Waals surface area contributed by atoms with Crippen LogP contribution in [0.25, 0.3) is 0 Å². The first-order chi connectivity index (χ1) is 16.8. The number of hydrogen-bond donors (Lipinski definition) is 2. The molecule has 2 amide bonds. The van der Waals surface area contributed by atoms with Gasteiger partial charge in [0.2, 0.25) is 11.8 Å². The van der Waals surface area contributed by atoms with Crippen LogP contribution in [0.1, 0.15) is 41.2 Å². The van der Waals surface area contributed by atoms with E-state index in [9.17, 15) is 9.59 Å². The number of rotatable bonds is 10. The van der Waals surface area contributed by atoms with Crippen LogP contribution in [-0.4, -0.2) is 24.6 Å². The molecule has 35 heavy (non-hydrogen) atoms. The van der Waals surface area contributed by atoms with Crippen molar-refractivity contribution in [2.45, 2.75) is 40.7 Å². The Balaban J connectivity index is 1.53. The van der Waals surface area contributed by atoms with Crippen molar-refractivity contribution in [2.24, 2.45) is 5.10 Å². The van der Waals surface area contributed by atoms with Gasteiger partial charge in [-0.3, -0.25) is 9.59 Å². The molecule has 0 saturated carbocycles. The Morgan fingerprint density at radius 1 is 0.857 bits per heavy atom. The average Bonchev–Trinajstić information content (AvgIpc) is 2.82. The van der Waals surface area contributed by atoms with Gasteiger partial charge in [0.05, 0.1) is 12.8 Å². The van der Waals surface area contributed by atoms with Crippen LogP contribution in [-0.2, 0) is 16.2 Å². The number of carbonyl (C=O) groups is 2. The van der Waals surface area contributed by atoms with Crippen LogP contribution in [0.15, 0.2) is 65.8 Å². The Morgan fingerprint density at radius 2 is 1.63 bits per heavy atom. The van der Waals surface area contributed by atoms with E-state index < -0.39 is 11.8 Å². The SMILES string of the molecule is CCOc1cc(C=NNC(=O)CC(=O)Nc2ccc(C)c(C)c2)ccc1OCc1ccc(C)cc1. The van der Waals surface area contributed by atoms with Crippen LogP contribution in [0.5, 0.6) is 11.5 Å². The lowest BCUT2D eigenvalue weighted by atomic mass is 10.1. The smallest absolute Gasteiger partial charge is 0.249 e. The summed E-state index contributed by atoms with van der Waals surface area (Å²) in [6.07, 6.45) is 1.16. The summed E-state index contributed by atoms with van der Waals surface area (Å²) in [4.78, 5) is 24.2. The van der Waals surface area contributed by atoms with Gasteiger partial charge in [0.15, 0.2) is 11.5 Å². The van der Waals surface area contributed by atoms with Crippen LogP contribution in [0.3, 0.4) is 0 Å². The number of nitrogens with zero attached hydrogens (tertiary/aromatic N) is 1. The molecule has 0 unspecified atom stereocenters. The Labute approximate surface area is 206 Å². The van der Waals surface area contributed by atoms with Crippen molar-refractivity contribution >= 4 is 23.7 Å². The molecule has 2 N–H and O–H groups in total. The van der Waals surface area contributed by atoms with E-state index in [1.165, 1.54) is 11.8 Å². The zero-order valence-electron chi connectivity index (χ0n) is 20.6. The number of benzene rings is 3. The first-order valence-corrected chi connectivity index (χ1v) is 11.5. The molecule has 7 heteroatoms. The highest BCUT2D eigenvalue weighted by Crippen LogP contribution is 2.29. The summed E-state index contributed by atoms with van der Waals surface area (Å²) >= 11 is 0. The van der Waals surface area contributed by atoms with Gasteiger partial charge in [-0.05, 0) is 80.3 Å². The third-order valence-electron chi connectivity index (χ3n) is 5.30. The van der Waals surface area contributed by atoms with Gasteiger partial charge in [0.1, 0.15) is 13.0 Å². The quantitative estimate of drug-likeness (QED) is 0.244. The fourth-order valence-corrected chi connectivity index (χ4v) is 3.23. The minimum atomic E-state index is -0.509. The summed E-state index contributed by atoms with van der Waals surface area (Å²) in [5, 5.41) is 6.68. The maximum atomic E-state index is 12.1. The average molecular weight is 474 g/mol. The number of anilines is 1. The van der Waals surface area contributed by atoms with Crippen LogP contribution in [0.2, 0.25) is 0 Å². The Bertz CT molecular complexity index is 1200. The molecular formula is C28H31N3O4. The van der Waals surface area contributed by atoms with E-state index in [4.69, 9.17) is 9.47 Å². The molecule has 0 spiro atoms. The van der Waals surface area contributed by atoms with Gasteiger partial charge in [-0.2, -0.15) is 5.10 Å². The minimum Gasteiger partial charge on any atom is -0.490 e. The molecular weight excluding hydrogens is 442 g/mol. The molecule has 0 atom stereocenters. The normalized spacial score (nSPS) is 10.7. The number of amides is 2. The summed E-state index contributed by atoms with van der Waals surface area (Å²) in [7, 11) is 0. The largest absolute Gasteiger partial charge is 0.490 e. The van der Waals surface area contributed by atoms with Crippen LogP contribution < -0.4 is 20.2 Å². The fourth-order valence-electron chi connectivity index (χ4n) is 3.23. The van der Waals surface area contributed by atoms with Crippen molar-refractivity contribution < 1.29 is 19.1 Å². The van der Waals surface area contributed by atoms with Crippen LogP contribution in [0.4, 0.5) is 5.69 Å². The molecule has 7 nitrogen and oxygen atoms in total. The second-order valence-electron chi connectivity index (χ2n) is 8.23. The highest BCUT2D eigenvalue weighted by atomic mass is 16.5. The van der Waals surface area contributed by atoms with Crippen molar-refractivity contribution in [1.29, 1.82) is 0 Å². The summed E-state index contributed by atoms with van der Waals surface area (Å²) in [6.45, 7) is 8.80. The zero-order chi connectivity index (χ0) is 25.2. The molecule has 0 bridgehead atoms. The fraction of sp³-hybridized carbons (Fsp3) is 0.250. The van der Waals surface area contributed by atoms with E-state index in [2.05, 4.69) is 15.8 Å². The van der Waals surface area contributed by atoms with Gasteiger partial charge in [-0.25, -0.2) is 5.43 Å². The predicted octanol–water partition coefficient (Wildman–Crippen LogP) is 5.07. The van der Waals surface area contributed by atoms with Gasteiger partial charge in [-0.1, -0.05) is 35.9 Å². The van der Waals surface area contributed by atoms with Crippen molar-refractivity contribution in [3.8, 4) is 11.5 Å². The van der Waals surface area contributed by atoms with E-state index in [0.717, 1.165) is 22.3 Å². The third-order valence-corrected chi connectivity index (χ3v) is 5.30. The summed E-state index contributed by atoms with van der Waals surface area (Å²) in [6, 6.07) is 19.2. The van der Waals surface area contributed by atoms with Crippen molar-refractivity contribution in [1.82, 2.24) is 5.43 Å². The summed E-state index contributed by atoms with van der Waals surface area (Å²) in [5.74, 6) is 0.291. The highest BCUT2D eigenvalue weighted by Gasteiger charge is 2.10. The third kappa shape index (κ3) is 7.99. The maximum absolute atomic E-state index is 12.1. The lowest BCUT2D eigenvalue weighted by Crippen LogP contribution is -2.24. The molecule has 3 aromatic carbocycles. The van der Waals surface area contributed by atoms with Crippen molar-refractivity contribution in [3.05, 3.63) is 88.5 Å². The molecule has 0 fully saturated rings. The molecule has 0 aliphatic carbocycles. The maximum Gasteiger partial charge on any atom is 0.249 e. The van der Waals surface area contributed by atoms with Gasteiger partial charge >= 0.3 is 0 Å². The number of ether oxygens (including phenoxy) is 2. The molecule has 0 aromatic heterocycles. The second kappa shape index (κ2) is 12.4. The number of hydrogen-bond acceptors (Lipinski definition) is 5. The first kappa shape index (κ1) is 25.5. The molecule has 3 rings (SSSR count). The van der Waals surface area contributed by atoms with Crippen molar-refractivity contribution in [3.63, 3.8) is 0 Å². The molecule has 0 heterocycles. The van der Waals surface area contributed by atoms with E-state index in [-0.39, 0.29) is 6.42 Å².